The maximum Gasteiger partial charge on any atom is 0.130 e. The first-order valence-electron chi connectivity index (χ1n) is 5.59. The zero-order valence-electron chi connectivity index (χ0n) is 9.18. The Hall–Kier alpha value is -0.330. The molecule has 1 aliphatic carbocycles. The minimum atomic E-state index is 0.369. The van der Waals surface area contributed by atoms with Crippen molar-refractivity contribution in [3.8, 4) is 0 Å². The molecule has 1 aliphatic rings. The van der Waals surface area contributed by atoms with Gasteiger partial charge in [-0.2, -0.15) is 0 Å². The second-order valence-electron chi connectivity index (χ2n) is 4.93. The van der Waals surface area contributed by atoms with Crippen LogP contribution in [0.4, 0.5) is 0 Å². The van der Waals surface area contributed by atoms with Crippen LogP contribution in [0.3, 0.4) is 0 Å². The van der Waals surface area contributed by atoms with Crippen molar-refractivity contribution in [2.45, 2.75) is 52.9 Å². The van der Waals surface area contributed by atoms with Crippen LogP contribution < -0.4 is 0 Å². The van der Waals surface area contributed by atoms with Crippen LogP contribution in [0.5, 0.6) is 0 Å². The van der Waals surface area contributed by atoms with E-state index in [1.54, 1.807) is 6.92 Å². The second-order valence-corrected chi connectivity index (χ2v) is 4.93. The van der Waals surface area contributed by atoms with Crippen molar-refractivity contribution in [2.24, 2.45) is 17.8 Å². The van der Waals surface area contributed by atoms with Gasteiger partial charge in [0.15, 0.2) is 0 Å². The van der Waals surface area contributed by atoms with E-state index in [4.69, 9.17) is 0 Å². The molecule has 0 saturated heterocycles. The summed E-state index contributed by atoms with van der Waals surface area (Å²) in [6.07, 6.45) is 6.07. The molecule has 0 heterocycles. The highest BCUT2D eigenvalue weighted by Gasteiger charge is 2.23. The number of carbonyl (C=O) groups excluding carboxylic acids is 1. The van der Waals surface area contributed by atoms with Crippen molar-refractivity contribution in [3.05, 3.63) is 0 Å². The predicted octanol–water partition coefficient (Wildman–Crippen LogP) is 3.43. The Balaban J connectivity index is 2.26. The summed E-state index contributed by atoms with van der Waals surface area (Å²) >= 11 is 0. The quantitative estimate of drug-likeness (QED) is 0.653. The van der Waals surface area contributed by atoms with Gasteiger partial charge in [-0.25, -0.2) is 0 Å². The van der Waals surface area contributed by atoms with Crippen LogP contribution in [0, 0.1) is 17.8 Å². The summed E-state index contributed by atoms with van der Waals surface area (Å²) in [4.78, 5) is 10.9. The fourth-order valence-corrected chi connectivity index (χ4v) is 2.47. The van der Waals surface area contributed by atoms with Crippen LogP contribution >= 0.6 is 0 Å². The summed E-state index contributed by atoms with van der Waals surface area (Å²) in [6.45, 7) is 6.35. The molecule has 0 unspecified atom stereocenters. The summed E-state index contributed by atoms with van der Waals surface area (Å²) in [5.41, 5.74) is 0. The van der Waals surface area contributed by atoms with E-state index in [1.807, 2.05) is 0 Å². The molecule has 1 rings (SSSR count). The van der Waals surface area contributed by atoms with Gasteiger partial charge in [0.1, 0.15) is 5.78 Å². The van der Waals surface area contributed by atoms with Crippen molar-refractivity contribution in [2.75, 3.05) is 0 Å². The average molecular weight is 182 g/mol. The van der Waals surface area contributed by atoms with Crippen LogP contribution in [0.2, 0.25) is 0 Å². The van der Waals surface area contributed by atoms with Crippen LogP contribution in [-0.4, -0.2) is 5.78 Å². The number of carbonyl (C=O) groups is 1. The molecule has 0 spiro atoms. The van der Waals surface area contributed by atoms with Gasteiger partial charge >= 0.3 is 0 Å². The van der Waals surface area contributed by atoms with Gasteiger partial charge in [0.2, 0.25) is 0 Å². The molecule has 0 aliphatic heterocycles. The topological polar surface area (TPSA) is 17.1 Å². The molecule has 1 fully saturated rings. The molecule has 0 aromatic carbocycles. The molecule has 76 valence electrons. The largest absolute Gasteiger partial charge is 0.300 e. The van der Waals surface area contributed by atoms with Gasteiger partial charge in [-0.3, -0.25) is 0 Å². The van der Waals surface area contributed by atoms with Gasteiger partial charge in [-0.15, -0.1) is 0 Å². The van der Waals surface area contributed by atoms with E-state index < -0.39 is 0 Å². The third-order valence-corrected chi connectivity index (χ3v) is 3.41. The normalized spacial score (nSPS) is 29.2. The Kier molecular flexibility index (Phi) is 3.95. The lowest BCUT2D eigenvalue weighted by Crippen LogP contribution is -2.19. The third kappa shape index (κ3) is 3.50. The van der Waals surface area contributed by atoms with Crippen molar-refractivity contribution in [3.63, 3.8) is 0 Å². The van der Waals surface area contributed by atoms with Crippen LogP contribution in [0.25, 0.3) is 0 Å². The molecule has 1 nitrogen and oxygen atoms in total. The van der Waals surface area contributed by atoms with Crippen molar-refractivity contribution < 1.29 is 4.79 Å². The van der Waals surface area contributed by atoms with Crippen LogP contribution in [0.1, 0.15) is 52.9 Å². The lowest BCUT2D eigenvalue weighted by molar-refractivity contribution is -0.118. The van der Waals surface area contributed by atoms with Gasteiger partial charge in [0, 0.05) is 6.42 Å². The van der Waals surface area contributed by atoms with Crippen LogP contribution in [0.15, 0.2) is 0 Å². The lowest BCUT2D eigenvalue weighted by atomic mass is 9.75. The third-order valence-electron chi connectivity index (χ3n) is 3.41. The van der Waals surface area contributed by atoms with Gasteiger partial charge in [0.25, 0.3) is 0 Å². The summed E-state index contributed by atoms with van der Waals surface area (Å²) in [5, 5.41) is 0. The summed E-state index contributed by atoms with van der Waals surface area (Å²) < 4.78 is 0. The highest BCUT2D eigenvalue weighted by Crippen LogP contribution is 2.34. The fourth-order valence-electron chi connectivity index (χ4n) is 2.47. The first-order chi connectivity index (χ1) is 6.09. The minimum Gasteiger partial charge on any atom is -0.300 e. The molecule has 0 amide bonds. The van der Waals surface area contributed by atoms with E-state index in [0.717, 1.165) is 18.3 Å². The maximum atomic E-state index is 10.9. The Morgan fingerprint density at radius 1 is 1.23 bits per heavy atom. The molecular formula is C12H22O. The van der Waals surface area contributed by atoms with E-state index in [0.29, 0.717) is 11.7 Å². The monoisotopic (exact) mass is 182 g/mol. The summed E-state index contributed by atoms with van der Waals surface area (Å²) in [5.74, 6) is 2.82. The van der Waals surface area contributed by atoms with Crippen molar-refractivity contribution in [1.29, 1.82) is 0 Å². The smallest absolute Gasteiger partial charge is 0.130 e. The molecule has 1 heteroatoms. The molecule has 0 bridgehead atoms. The standard InChI is InChI=1S/C12H22O/c1-9(2)12-6-4-11(5-7-12)8-10(3)13/h9,11-12H,4-8H2,1-3H3. The van der Waals surface area contributed by atoms with E-state index >= 15 is 0 Å². The molecule has 0 N–H and O–H groups in total. The summed E-state index contributed by atoms with van der Waals surface area (Å²) in [6, 6.07) is 0. The van der Waals surface area contributed by atoms with E-state index in [2.05, 4.69) is 13.8 Å². The Morgan fingerprint density at radius 2 is 1.77 bits per heavy atom. The predicted molar refractivity (Wildman–Crippen MR) is 55.6 cm³/mol. The number of Topliss-reactive ketones (excluding diaryl/α,β-unsaturated/α-hetero) is 1. The lowest BCUT2D eigenvalue weighted by Gasteiger charge is -2.30. The number of ketones is 1. The van der Waals surface area contributed by atoms with E-state index in [9.17, 15) is 4.79 Å². The van der Waals surface area contributed by atoms with Gasteiger partial charge in [0.05, 0.1) is 0 Å². The number of hydrogen-bond acceptors (Lipinski definition) is 1. The van der Waals surface area contributed by atoms with Gasteiger partial charge in [-0.1, -0.05) is 13.8 Å². The molecule has 0 atom stereocenters. The minimum absolute atomic E-state index is 0.369. The molecular weight excluding hydrogens is 160 g/mol. The zero-order valence-corrected chi connectivity index (χ0v) is 9.18. The highest BCUT2D eigenvalue weighted by atomic mass is 16.1. The molecule has 0 aromatic rings. The first kappa shape index (κ1) is 10.7. The van der Waals surface area contributed by atoms with E-state index in [-0.39, 0.29) is 0 Å². The first-order valence-corrected chi connectivity index (χ1v) is 5.59. The molecule has 13 heavy (non-hydrogen) atoms. The Bertz CT molecular complexity index is 164. The van der Waals surface area contributed by atoms with Crippen molar-refractivity contribution in [1.82, 2.24) is 0 Å². The van der Waals surface area contributed by atoms with E-state index in [1.165, 1.54) is 25.7 Å². The maximum absolute atomic E-state index is 10.9. The summed E-state index contributed by atoms with van der Waals surface area (Å²) in [7, 11) is 0. The zero-order chi connectivity index (χ0) is 9.84. The Labute approximate surface area is 81.9 Å². The van der Waals surface area contributed by atoms with Gasteiger partial charge < -0.3 is 4.79 Å². The van der Waals surface area contributed by atoms with Gasteiger partial charge in [-0.05, 0) is 50.4 Å². The Morgan fingerprint density at radius 3 is 2.15 bits per heavy atom. The SMILES string of the molecule is CC(=O)CC1CCC(C(C)C)CC1. The average Bonchev–Trinajstić information content (AvgIpc) is 2.04. The molecule has 0 radical (unpaired) electrons. The number of rotatable bonds is 3. The molecule has 0 aromatic heterocycles. The second kappa shape index (κ2) is 4.78. The molecule has 1 saturated carbocycles. The highest BCUT2D eigenvalue weighted by molar-refractivity contribution is 5.75. The van der Waals surface area contributed by atoms with Crippen molar-refractivity contribution >= 4 is 5.78 Å². The van der Waals surface area contributed by atoms with Crippen LogP contribution in [-0.2, 0) is 4.79 Å². The number of hydrogen-bond donors (Lipinski definition) is 0. The fraction of sp³-hybridized carbons (Fsp3) is 0.917.